The first-order valence-corrected chi connectivity index (χ1v) is 8.91. The molecule has 3 rings (SSSR count). The van der Waals surface area contributed by atoms with E-state index in [4.69, 9.17) is 0 Å². The Hall–Kier alpha value is -2.75. The Labute approximate surface area is 148 Å². The van der Waals surface area contributed by atoms with Gasteiger partial charge in [-0.15, -0.1) is 0 Å². The molecule has 2 aromatic carbocycles. The number of nitrogens with one attached hydrogen (secondary N) is 2. The lowest BCUT2D eigenvalue weighted by atomic mass is 10.0. The molecule has 0 saturated heterocycles. The van der Waals surface area contributed by atoms with Gasteiger partial charge in [-0.1, -0.05) is 50.2 Å². The van der Waals surface area contributed by atoms with Crippen molar-refractivity contribution in [1.29, 1.82) is 0 Å². The molecule has 0 aliphatic rings. The van der Waals surface area contributed by atoms with Crippen molar-refractivity contribution in [2.75, 3.05) is 12.0 Å². The van der Waals surface area contributed by atoms with E-state index < -0.39 is 0 Å². The number of anilines is 1. The minimum atomic E-state index is 0.618. The van der Waals surface area contributed by atoms with Crippen LogP contribution in [0.4, 0.5) is 5.69 Å². The summed E-state index contributed by atoms with van der Waals surface area (Å²) in [5.41, 5.74) is 9.23. The summed E-state index contributed by atoms with van der Waals surface area (Å²) in [5, 5.41) is 2.87. The summed E-state index contributed by atoms with van der Waals surface area (Å²) >= 11 is 0. The fraction of sp³-hybridized carbons (Fsp3) is 0.286. The summed E-state index contributed by atoms with van der Waals surface area (Å²) in [6.07, 6.45) is 5.58. The third kappa shape index (κ3) is 3.68. The summed E-state index contributed by atoms with van der Waals surface area (Å²) in [6, 6.07) is 14.6. The molecule has 0 spiro atoms. The van der Waals surface area contributed by atoms with E-state index in [-0.39, 0.29) is 0 Å². The van der Waals surface area contributed by atoms with E-state index in [1.807, 2.05) is 18.3 Å². The summed E-state index contributed by atoms with van der Waals surface area (Å²) < 4.78 is 0. The SMILES string of the molecule is CCc1cccc(CC)c1NN(C=O)CCc1c[nH]c2ccccc12. The van der Waals surface area contributed by atoms with E-state index in [0.29, 0.717) is 6.54 Å². The van der Waals surface area contributed by atoms with Gasteiger partial charge in [-0.2, -0.15) is 0 Å². The number of hydrogen-bond donors (Lipinski definition) is 2. The van der Waals surface area contributed by atoms with E-state index >= 15 is 0 Å². The number of carbonyl (C=O) groups excluding carboxylic acids is 1. The Kier molecular flexibility index (Phi) is 5.39. The molecule has 25 heavy (non-hydrogen) atoms. The lowest BCUT2D eigenvalue weighted by Gasteiger charge is -2.23. The monoisotopic (exact) mass is 335 g/mol. The highest BCUT2D eigenvalue weighted by Crippen LogP contribution is 2.23. The largest absolute Gasteiger partial charge is 0.361 e. The predicted octanol–water partition coefficient (Wildman–Crippen LogP) is 4.32. The lowest BCUT2D eigenvalue weighted by molar-refractivity contribution is -0.117. The van der Waals surface area contributed by atoms with Gasteiger partial charge in [0.15, 0.2) is 0 Å². The zero-order chi connectivity index (χ0) is 17.6. The molecule has 130 valence electrons. The van der Waals surface area contributed by atoms with Gasteiger partial charge < -0.3 is 4.98 Å². The molecule has 0 aliphatic heterocycles. The molecular formula is C21H25N3O. The Bertz CT molecular complexity index is 831. The van der Waals surface area contributed by atoms with Crippen molar-refractivity contribution in [3.05, 3.63) is 65.4 Å². The van der Waals surface area contributed by atoms with Crippen LogP contribution in [0.15, 0.2) is 48.7 Å². The summed E-state index contributed by atoms with van der Waals surface area (Å²) in [4.78, 5) is 14.9. The van der Waals surface area contributed by atoms with Crippen LogP contribution in [-0.2, 0) is 24.1 Å². The van der Waals surface area contributed by atoms with Crippen LogP contribution in [0.5, 0.6) is 0 Å². The number of hydrazine groups is 1. The normalized spacial score (nSPS) is 10.8. The van der Waals surface area contributed by atoms with Crippen LogP contribution in [0.2, 0.25) is 0 Å². The standard InChI is InChI=1S/C21H25N3O/c1-3-16-8-7-9-17(4-2)21(16)23-24(15-25)13-12-18-14-22-20-11-6-5-10-19(18)20/h5-11,14-15,22-23H,3-4,12-13H2,1-2H3. The molecule has 1 heterocycles. The van der Waals surface area contributed by atoms with Crippen molar-refractivity contribution in [3.8, 4) is 0 Å². The van der Waals surface area contributed by atoms with Crippen molar-refractivity contribution in [3.63, 3.8) is 0 Å². The van der Waals surface area contributed by atoms with Crippen molar-refractivity contribution < 1.29 is 4.79 Å². The minimum Gasteiger partial charge on any atom is -0.361 e. The van der Waals surface area contributed by atoms with E-state index in [9.17, 15) is 4.79 Å². The van der Waals surface area contributed by atoms with Crippen molar-refractivity contribution in [1.82, 2.24) is 9.99 Å². The molecule has 4 heteroatoms. The maximum Gasteiger partial charge on any atom is 0.228 e. The van der Waals surface area contributed by atoms with Crippen LogP contribution in [0.25, 0.3) is 10.9 Å². The maximum absolute atomic E-state index is 11.6. The average Bonchev–Trinajstić information content (AvgIpc) is 3.08. The quantitative estimate of drug-likeness (QED) is 0.476. The first-order chi connectivity index (χ1) is 12.3. The van der Waals surface area contributed by atoms with Crippen molar-refractivity contribution in [2.45, 2.75) is 33.1 Å². The van der Waals surface area contributed by atoms with Crippen molar-refractivity contribution in [2.24, 2.45) is 0 Å². The number of nitrogens with zero attached hydrogens (tertiary/aromatic N) is 1. The number of aryl methyl sites for hydroxylation is 2. The van der Waals surface area contributed by atoms with Crippen LogP contribution in [0.1, 0.15) is 30.5 Å². The van der Waals surface area contributed by atoms with Gasteiger partial charge in [-0.05, 0) is 42.0 Å². The molecule has 0 saturated carbocycles. The molecule has 4 nitrogen and oxygen atoms in total. The molecule has 0 aliphatic carbocycles. The number of aromatic nitrogens is 1. The number of amides is 1. The molecule has 0 fully saturated rings. The number of para-hydroxylation sites is 2. The molecule has 0 radical (unpaired) electrons. The van der Waals surface area contributed by atoms with Gasteiger partial charge >= 0.3 is 0 Å². The smallest absolute Gasteiger partial charge is 0.228 e. The van der Waals surface area contributed by atoms with Crippen LogP contribution >= 0.6 is 0 Å². The van der Waals surface area contributed by atoms with Gasteiger partial charge in [-0.25, -0.2) is 0 Å². The van der Waals surface area contributed by atoms with Crippen LogP contribution in [-0.4, -0.2) is 22.9 Å². The molecular weight excluding hydrogens is 310 g/mol. The Morgan fingerprint density at radius 2 is 1.72 bits per heavy atom. The zero-order valence-electron chi connectivity index (χ0n) is 14.9. The Morgan fingerprint density at radius 1 is 1.00 bits per heavy atom. The van der Waals surface area contributed by atoms with E-state index in [1.54, 1.807) is 5.01 Å². The second kappa shape index (κ2) is 7.88. The highest BCUT2D eigenvalue weighted by atomic mass is 16.1. The number of aromatic amines is 1. The first-order valence-electron chi connectivity index (χ1n) is 8.91. The number of H-pyrrole nitrogens is 1. The van der Waals surface area contributed by atoms with Gasteiger partial charge in [-0.3, -0.25) is 15.2 Å². The second-order valence-corrected chi connectivity index (χ2v) is 6.18. The molecule has 2 N–H and O–H groups in total. The van der Waals surface area contributed by atoms with Gasteiger partial charge in [0.25, 0.3) is 0 Å². The highest BCUT2D eigenvalue weighted by molar-refractivity contribution is 5.83. The van der Waals surface area contributed by atoms with Crippen LogP contribution in [0, 0.1) is 0 Å². The third-order valence-corrected chi connectivity index (χ3v) is 4.68. The highest BCUT2D eigenvalue weighted by Gasteiger charge is 2.11. The van der Waals surface area contributed by atoms with Crippen molar-refractivity contribution >= 4 is 23.0 Å². The predicted molar refractivity (Wildman–Crippen MR) is 104 cm³/mol. The fourth-order valence-corrected chi connectivity index (χ4v) is 3.24. The number of hydrogen-bond acceptors (Lipinski definition) is 2. The third-order valence-electron chi connectivity index (χ3n) is 4.68. The number of fused-ring (bicyclic) bond motifs is 1. The number of carbonyl (C=O) groups is 1. The summed E-state index contributed by atoms with van der Waals surface area (Å²) in [6.45, 7) is 4.89. The lowest BCUT2D eigenvalue weighted by Crippen LogP contribution is -2.31. The Morgan fingerprint density at radius 3 is 2.40 bits per heavy atom. The molecule has 1 amide bonds. The second-order valence-electron chi connectivity index (χ2n) is 6.18. The fourth-order valence-electron chi connectivity index (χ4n) is 3.24. The molecule has 0 atom stereocenters. The Balaban J connectivity index is 1.75. The van der Waals surface area contributed by atoms with Gasteiger partial charge in [0.2, 0.25) is 6.41 Å². The first kappa shape index (κ1) is 17.1. The van der Waals surface area contributed by atoms with Gasteiger partial charge in [0, 0.05) is 23.6 Å². The topological polar surface area (TPSA) is 48.1 Å². The van der Waals surface area contributed by atoms with Crippen LogP contribution in [0.3, 0.4) is 0 Å². The molecule has 0 bridgehead atoms. The summed E-state index contributed by atoms with van der Waals surface area (Å²) in [5.74, 6) is 0. The van der Waals surface area contributed by atoms with E-state index in [0.717, 1.165) is 36.9 Å². The number of rotatable bonds is 8. The molecule has 3 aromatic rings. The maximum atomic E-state index is 11.6. The van der Waals surface area contributed by atoms with Crippen LogP contribution < -0.4 is 5.43 Å². The molecule has 0 unspecified atom stereocenters. The van der Waals surface area contributed by atoms with E-state index in [1.165, 1.54) is 22.1 Å². The number of benzene rings is 2. The van der Waals surface area contributed by atoms with Gasteiger partial charge in [0.1, 0.15) is 0 Å². The minimum absolute atomic E-state index is 0.618. The zero-order valence-corrected chi connectivity index (χ0v) is 14.9. The van der Waals surface area contributed by atoms with Gasteiger partial charge in [0.05, 0.1) is 5.69 Å². The average molecular weight is 335 g/mol. The molecule has 1 aromatic heterocycles. The van der Waals surface area contributed by atoms with E-state index in [2.05, 4.69) is 54.6 Å². The summed E-state index contributed by atoms with van der Waals surface area (Å²) in [7, 11) is 0.